The lowest BCUT2D eigenvalue weighted by Gasteiger charge is -2.11. The maximum absolute atomic E-state index is 12.8. The number of hydrogen-bond acceptors (Lipinski definition) is 5. The van der Waals surface area contributed by atoms with E-state index in [1.807, 2.05) is 0 Å². The van der Waals surface area contributed by atoms with Crippen molar-refractivity contribution in [1.82, 2.24) is 4.98 Å². The van der Waals surface area contributed by atoms with Gasteiger partial charge in [0.1, 0.15) is 0 Å². The van der Waals surface area contributed by atoms with Gasteiger partial charge >= 0.3 is 6.18 Å². The number of hydrogen-bond donors (Lipinski definition) is 3. The van der Waals surface area contributed by atoms with Crippen molar-refractivity contribution in [3.63, 3.8) is 0 Å². The van der Waals surface area contributed by atoms with Crippen molar-refractivity contribution in [1.29, 1.82) is 0 Å². The summed E-state index contributed by atoms with van der Waals surface area (Å²) >= 11 is 0. The maximum Gasteiger partial charge on any atom is 0.416 e. The predicted octanol–water partition coefficient (Wildman–Crippen LogP) is 4.32. The Hall–Kier alpha value is -4.08. The maximum atomic E-state index is 12.8. The topological polar surface area (TPSA) is 101 Å². The zero-order chi connectivity index (χ0) is 22.6. The zero-order valence-electron chi connectivity index (χ0n) is 16.0. The highest BCUT2D eigenvalue weighted by atomic mass is 19.4. The molecule has 1 heterocycles. The number of ether oxygens (including phenoxy) is 1. The quantitative estimate of drug-likeness (QED) is 0.559. The number of anilines is 2. The standard InChI is InChI=1S/C21H16F3N3O4/c1-31-16-9-10-25-17(18(16)28)20(30)26-14-7-5-12(6-8-14)19(29)27-15-4-2-3-13(11-15)21(22,23)24/h2-11,28H,1H3,(H,26,30)(H,27,29). The Balaban J connectivity index is 1.69. The number of benzene rings is 2. The fourth-order valence-corrected chi connectivity index (χ4v) is 2.64. The Morgan fingerprint density at radius 2 is 1.65 bits per heavy atom. The molecule has 0 atom stereocenters. The van der Waals surface area contributed by atoms with E-state index in [0.29, 0.717) is 5.69 Å². The van der Waals surface area contributed by atoms with Gasteiger partial charge in [-0.1, -0.05) is 6.07 Å². The van der Waals surface area contributed by atoms with Crippen LogP contribution in [0.3, 0.4) is 0 Å². The summed E-state index contributed by atoms with van der Waals surface area (Å²) in [6, 6.07) is 11.3. The summed E-state index contributed by atoms with van der Waals surface area (Å²) in [7, 11) is 1.33. The molecule has 3 aromatic rings. The van der Waals surface area contributed by atoms with Crippen LogP contribution in [0.15, 0.2) is 60.8 Å². The first kappa shape index (κ1) is 21.6. The molecule has 0 radical (unpaired) electrons. The van der Waals surface area contributed by atoms with Crippen molar-refractivity contribution in [3.8, 4) is 11.5 Å². The fourth-order valence-electron chi connectivity index (χ4n) is 2.64. The third-order valence-corrected chi connectivity index (χ3v) is 4.17. The number of alkyl halides is 3. The minimum Gasteiger partial charge on any atom is -0.503 e. The smallest absolute Gasteiger partial charge is 0.416 e. The number of aromatic nitrogens is 1. The highest BCUT2D eigenvalue weighted by molar-refractivity contribution is 6.06. The molecule has 31 heavy (non-hydrogen) atoms. The molecule has 2 aromatic carbocycles. The zero-order valence-corrected chi connectivity index (χ0v) is 16.0. The second-order valence-electron chi connectivity index (χ2n) is 6.27. The molecule has 0 spiro atoms. The molecule has 0 fully saturated rings. The van der Waals surface area contributed by atoms with E-state index < -0.39 is 29.3 Å². The van der Waals surface area contributed by atoms with Gasteiger partial charge in [-0.2, -0.15) is 13.2 Å². The van der Waals surface area contributed by atoms with E-state index >= 15 is 0 Å². The van der Waals surface area contributed by atoms with Gasteiger partial charge in [-0.05, 0) is 42.5 Å². The van der Waals surface area contributed by atoms with Crippen LogP contribution >= 0.6 is 0 Å². The summed E-state index contributed by atoms with van der Waals surface area (Å²) in [6.45, 7) is 0. The van der Waals surface area contributed by atoms with Crippen LogP contribution in [0.4, 0.5) is 24.5 Å². The second-order valence-corrected chi connectivity index (χ2v) is 6.27. The molecular weight excluding hydrogens is 415 g/mol. The second kappa shape index (κ2) is 8.74. The van der Waals surface area contributed by atoms with Crippen LogP contribution < -0.4 is 15.4 Å². The molecule has 0 aliphatic heterocycles. The lowest BCUT2D eigenvalue weighted by Crippen LogP contribution is -2.15. The first-order valence-electron chi connectivity index (χ1n) is 8.81. The molecule has 7 nitrogen and oxygen atoms in total. The molecule has 0 saturated heterocycles. The Bertz CT molecular complexity index is 1120. The van der Waals surface area contributed by atoms with Crippen molar-refractivity contribution in [3.05, 3.63) is 77.6 Å². The number of nitrogens with zero attached hydrogens (tertiary/aromatic N) is 1. The SMILES string of the molecule is COc1ccnc(C(=O)Nc2ccc(C(=O)Nc3cccc(C(F)(F)F)c3)cc2)c1O. The predicted molar refractivity (Wildman–Crippen MR) is 106 cm³/mol. The summed E-state index contributed by atoms with van der Waals surface area (Å²) in [6.07, 6.45) is -3.22. The first-order chi connectivity index (χ1) is 14.7. The van der Waals surface area contributed by atoms with Crippen LogP contribution in [0, 0.1) is 0 Å². The third-order valence-electron chi connectivity index (χ3n) is 4.17. The fraction of sp³-hybridized carbons (Fsp3) is 0.0952. The van der Waals surface area contributed by atoms with Gasteiger partial charge in [0.2, 0.25) is 0 Å². The number of rotatable bonds is 5. The summed E-state index contributed by atoms with van der Waals surface area (Å²) in [4.78, 5) is 28.4. The van der Waals surface area contributed by atoms with E-state index in [0.717, 1.165) is 12.1 Å². The van der Waals surface area contributed by atoms with Crippen molar-refractivity contribution in [2.24, 2.45) is 0 Å². The summed E-state index contributed by atoms with van der Waals surface area (Å²) in [5, 5.41) is 14.9. The molecule has 1 aromatic heterocycles. The highest BCUT2D eigenvalue weighted by Gasteiger charge is 2.30. The molecule has 160 valence electrons. The normalized spacial score (nSPS) is 11.0. The molecule has 3 rings (SSSR count). The molecule has 0 bridgehead atoms. The summed E-state index contributed by atoms with van der Waals surface area (Å²) in [5.41, 5.74) is -0.650. The molecule has 0 saturated carbocycles. The van der Waals surface area contributed by atoms with E-state index in [4.69, 9.17) is 4.74 Å². The van der Waals surface area contributed by atoms with Crippen LogP contribution in [0.2, 0.25) is 0 Å². The summed E-state index contributed by atoms with van der Waals surface area (Å²) in [5.74, 6) is -1.65. The van der Waals surface area contributed by atoms with Crippen molar-refractivity contribution in [2.75, 3.05) is 17.7 Å². The molecule has 10 heteroatoms. The van der Waals surface area contributed by atoms with E-state index in [1.54, 1.807) is 0 Å². The number of methoxy groups -OCH3 is 1. The Kier molecular flexibility index (Phi) is 6.10. The van der Waals surface area contributed by atoms with E-state index in [1.165, 1.54) is 55.8 Å². The largest absolute Gasteiger partial charge is 0.503 e. The van der Waals surface area contributed by atoms with Crippen LogP contribution in [0.1, 0.15) is 26.4 Å². The number of nitrogens with one attached hydrogen (secondary N) is 2. The van der Waals surface area contributed by atoms with Crippen LogP contribution in [-0.2, 0) is 6.18 Å². The van der Waals surface area contributed by atoms with Gasteiger partial charge in [0.25, 0.3) is 11.8 Å². The van der Waals surface area contributed by atoms with Gasteiger partial charge in [0.15, 0.2) is 17.2 Å². The Morgan fingerprint density at radius 1 is 0.968 bits per heavy atom. The lowest BCUT2D eigenvalue weighted by atomic mass is 10.1. The van der Waals surface area contributed by atoms with Gasteiger partial charge in [-0.25, -0.2) is 4.98 Å². The van der Waals surface area contributed by atoms with E-state index in [9.17, 15) is 27.9 Å². The summed E-state index contributed by atoms with van der Waals surface area (Å²) < 4.78 is 43.3. The molecule has 2 amide bonds. The van der Waals surface area contributed by atoms with Gasteiger partial charge in [0, 0.05) is 29.2 Å². The monoisotopic (exact) mass is 431 g/mol. The Morgan fingerprint density at radius 3 is 2.29 bits per heavy atom. The van der Waals surface area contributed by atoms with Crippen LogP contribution in [0.5, 0.6) is 11.5 Å². The van der Waals surface area contributed by atoms with Gasteiger partial charge < -0.3 is 20.5 Å². The third kappa shape index (κ3) is 5.10. The Labute approximate surface area is 174 Å². The molecule has 0 aliphatic carbocycles. The minimum absolute atomic E-state index is 0.00298. The number of carbonyl (C=O) groups is 2. The van der Waals surface area contributed by atoms with Gasteiger partial charge in [-0.15, -0.1) is 0 Å². The number of carbonyl (C=O) groups excluding carboxylic acids is 2. The average molecular weight is 431 g/mol. The number of halogens is 3. The molecule has 0 aliphatic rings. The van der Waals surface area contributed by atoms with Crippen molar-refractivity contribution < 1.29 is 32.6 Å². The number of amides is 2. The molecular formula is C21H16F3N3O4. The van der Waals surface area contributed by atoms with Gasteiger partial charge in [-0.3, -0.25) is 9.59 Å². The highest BCUT2D eigenvalue weighted by Crippen LogP contribution is 2.31. The lowest BCUT2D eigenvalue weighted by molar-refractivity contribution is -0.137. The van der Waals surface area contributed by atoms with Gasteiger partial charge in [0.05, 0.1) is 12.7 Å². The average Bonchev–Trinajstić information content (AvgIpc) is 2.74. The van der Waals surface area contributed by atoms with E-state index in [-0.39, 0.29) is 22.7 Å². The van der Waals surface area contributed by atoms with E-state index in [2.05, 4.69) is 15.6 Å². The van der Waals surface area contributed by atoms with Crippen LogP contribution in [0.25, 0.3) is 0 Å². The molecule has 3 N–H and O–H groups in total. The molecule has 0 unspecified atom stereocenters. The van der Waals surface area contributed by atoms with Crippen LogP contribution in [-0.4, -0.2) is 29.0 Å². The van der Waals surface area contributed by atoms with Crippen molar-refractivity contribution in [2.45, 2.75) is 6.18 Å². The first-order valence-corrected chi connectivity index (χ1v) is 8.81. The number of pyridine rings is 1. The minimum atomic E-state index is -4.52. The number of aromatic hydroxyl groups is 1. The van der Waals surface area contributed by atoms with Crippen molar-refractivity contribution >= 4 is 23.2 Å².